The summed E-state index contributed by atoms with van der Waals surface area (Å²) >= 11 is 6.13. The monoisotopic (exact) mass is 198 g/mol. The summed E-state index contributed by atoms with van der Waals surface area (Å²) in [5.41, 5.74) is 3.85. The summed E-state index contributed by atoms with van der Waals surface area (Å²) < 4.78 is 0. The van der Waals surface area contributed by atoms with Crippen LogP contribution in [0.4, 0.5) is 0 Å². The SMILES string of the molecule is CCc1c(C)c(Cl)c(C)c(C)c1O. The minimum absolute atomic E-state index is 0.405. The average Bonchev–Trinajstić information content (AvgIpc) is 2.13. The van der Waals surface area contributed by atoms with Crippen molar-refractivity contribution in [2.45, 2.75) is 34.1 Å². The number of halogens is 1. The van der Waals surface area contributed by atoms with Crippen molar-refractivity contribution in [2.24, 2.45) is 0 Å². The Morgan fingerprint density at radius 3 is 2.08 bits per heavy atom. The van der Waals surface area contributed by atoms with Crippen molar-refractivity contribution in [3.8, 4) is 5.75 Å². The Hall–Kier alpha value is -0.690. The van der Waals surface area contributed by atoms with E-state index in [0.29, 0.717) is 5.75 Å². The maximum Gasteiger partial charge on any atom is 0.122 e. The lowest BCUT2D eigenvalue weighted by atomic mass is 9.97. The Morgan fingerprint density at radius 1 is 1.08 bits per heavy atom. The molecule has 1 nitrogen and oxygen atoms in total. The van der Waals surface area contributed by atoms with Gasteiger partial charge in [0.15, 0.2) is 0 Å². The number of hydrogen-bond acceptors (Lipinski definition) is 1. The number of rotatable bonds is 1. The molecule has 0 bridgehead atoms. The van der Waals surface area contributed by atoms with Crippen LogP contribution in [-0.2, 0) is 6.42 Å². The Labute approximate surface area is 84.4 Å². The molecule has 72 valence electrons. The summed E-state index contributed by atoms with van der Waals surface area (Å²) in [5.74, 6) is 0.405. The molecule has 0 amide bonds. The standard InChI is InChI=1S/C11H15ClO/c1-5-9-8(4)10(12)6(2)7(3)11(9)13/h13H,5H2,1-4H3. The second-order valence-corrected chi connectivity index (χ2v) is 3.75. The Morgan fingerprint density at radius 2 is 1.62 bits per heavy atom. The molecule has 0 radical (unpaired) electrons. The largest absolute Gasteiger partial charge is 0.507 e. The summed E-state index contributed by atoms with van der Waals surface area (Å²) in [6, 6.07) is 0. The van der Waals surface area contributed by atoms with Crippen molar-refractivity contribution >= 4 is 11.6 Å². The quantitative estimate of drug-likeness (QED) is 0.732. The molecule has 0 fully saturated rings. The third-order valence-electron chi connectivity index (χ3n) is 2.67. The maximum atomic E-state index is 9.83. The van der Waals surface area contributed by atoms with Crippen LogP contribution in [0.5, 0.6) is 5.75 Å². The van der Waals surface area contributed by atoms with Crippen molar-refractivity contribution < 1.29 is 5.11 Å². The fourth-order valence-corrected chi connectivity index (χ4v) is 1.85. The molecule has 0 aliphatic rings. The molecule has 0 aliphatic heterocycles. The molecule has 0 spiro atoms. The molecule has 1 N–H and O–H groups in total. The van der Waals surface area contributed by atoms with Gasteiger partial charge in [-0.15, -0.1) is 0 Å². The van der Waals surface area contributed by atoms with Crippen molar-refractivity contribution in [1.82, 2.24) is 0 Å². The lowest BCUT2D eigenvalue weighted by Gasteiger charge is -2.14. The first-order chi connectivity index (χ1) is 6.00. The first-order valence-corrected chi connectivity index (χ1v) is 4.85. The molecule has 0 heterocycles. The van der Waals surface area contributed by atoms with E-state index >= 15 is 0 Å². The summed E-state index contributed by atoms with van der Waals surface area (Å²) in [5, 5.41) is 10.6. The average molecular weight is 199 g/mol. The van der Waals surface area contributed by atoms with E-state index in [1.165, 1.54) is 0 Å². The van der Waals surface area contributed by atoms with Crippen molar-refractivity contribution in [1.29, 1.82) is 0 Å². The minimum atomic E-state index is 0.405. The Bertz CT molecular complexity index is 313. The van der Waals surface area contributed by atoms with Crippen molar-refractivity contribution in [2.75, 3.05) is 0 Å². The van der Waals surface area contributed by atoms with E-state index < -0.39 is 0 Å². The second-order valence-electron chi connectivity index (χ2n) is 3.37. The maximum absolute atomic E-state index is 9.83. The van der Waals surface area contributed by atoms with Gasteiger partial charge < -0.3 is 5.11 Å². The smallest absolute Gasteiger partial charge is 0.122 e. The zero-order valence-electron chi connectivity index (χ0n) is 8.53. The summed E-state index contributed by atoms with van der Waals surface area (Å²) in [7, 11) is 0. The number of aromatic hydroxyl groups is 1. The molecule has 1 aromatic carbocycles. The van der Waals surface area contributed by atoms with Crippen LogP contribution in [0.2, 0.25) is 5.02 Å². The molecular weight excluding hydrogens is 184 g/mol. The highest BCUT2D eigenvalue weighted by molar-refractivity contribution is 6.32. The topological polar surface area (TPSA) is 20.2 Å². The zero-order valence-corrected chi connectivity index (χ0v) is 9.29. The molecule has 1 rings (SSSR count). The van der Waals surface area contributed by atoms with Crippen LogP contribution >= 0.6 is 11.6 Å². The van der Waals surface area contributed by atoms with E-state index in [9.17, 15) is 5.11 Å². The van der Waals surface area contributed by atoms with Gasteiger partial charge in [-0.2, -0.15) is 0 Å². The van der Waals surface area contributed by atoms with Crippen LogP contribution < -0.4 is 0 Å². The van der Waals surface area contributed by atoms with Gasteiger partial charge in [0.2, 0.25) is 0 Å². The van der Waals surface area contributed by atoms with Gasteiger partial charge in [0.25, 0.3) is 0 Å². The molecule has 0 aromatic heterocycles. The van der Waals surface area contributed by atoms with Gasteiger partial charge in [0, 0.05) is 5.02 Å². The van der Waals surface area contributed by atoms with Crippen LogP contribution in [0.25, 0.3) is 0 Å². The molecule has 0 aliphatic carbocycles. The van der Waals surface area contributed by atoms with Gasteiger partial charge in [-0.25, -0.2) is 0 Å². The van der Waals surface area contributed by atoms with E-state index in [1.54, 1.807) is 0 Å². The predicted octanol–water partition coefficient (Wildman–Crippen LogP) is 3.53. The van der Waals surface area contributed by atoms with E-state index in [-0.39, 0.29) is 0 Å². The molecule has 2 heteroatoms. The molecular formula is C11H15ClO. The van der Waals surface area contributed by atoms with Crippen LogP contribution in [0.3, 0.4) is 0 Å². The zero-order chi connectivity index (χ0) is 10.2. The fourth-order valence-electron chi connectivity index (χ4n) is 1.59. The van der Waals surface area contributed by atoms with Gasteiger partial charge in [0.1, 0.15) is 5.75 Å². The van der Waals surface area contributed by atoms with Crippen LogP contribution in [0.1, 0.15) is 29.2 Å². The highest BCUT2D eigenvalue weighted by atomic mass is 35.5. The number of benzene rings is 1. The molecule has 13 heavy (non-hydrogen) atoms. The van der Waals surface area contributed by atoms with Gasteiger partial charge in [0.05, 0.1) is 0 Å². The summed E-state index contributed by atoms with van der Waals surface area (Å²) in [6.07, 6.45) is 0.818. The fraction of sp³-hybridized carbons (Fsp3) is 0.455. The van der Waals surface area contributed by atoms with E-state index in [2.05, 4.69) is 0 Å². The van der Waals surface area contributed by atoms with Crippen molar-refractivity contribution in [3.05, 3.63) is 27.3 Å². The van der Waals surface area contributed by atoms with Gasteiger partial charge in [-0.05, 0) is 49.4 Å². The van der Waals surface area contributed by atoms with Gasteiger partial charge in [-0.3, -0.25) is 0 Å². The van der Waals surface area contributed by atoms with Crippen LogP contribution in [0, 0.1) is 20.8 Å². The highest BCUT2D eigenvalue weighted by Crippen LogP contribution is 2.34. The first-order valence-electron chi connectivity index (χ1n) is 4.47. The lowest BCUT2D eigenvalue weighted by Crippen LogP contribution is -1.95. The van der Waals surface area contributed by atoms with Gasteiger partial charge >= 0.3 is 0 Å². The molecule has 1 aromatic rings. The molecule has 0 unspecified atom stereocenters. The third-order valence-corrected chi connectivity index (χ3v) is 3.24. The van der Waals surface area contributed by atoms with E-state index in [0.717, 1.165) is 33.7 Å². The second kappa shape index (κ2) is 3.59. The first kappa shape index (κ1) is 10.4. The van der Waals surface area contributed by atoms with Gasteiger partial charge in [-0.1, -0.05) is 18.5 Å². The predicted molar refractivity (Wildman–Crippen MR) is 56.7 cm³/mol. The summed E-state index contributed by atoms with van der Waals surface area (Å²) in [4.78, 5) is 0. The Balaban J connectivity index is 3.56. The minimum Gasteiger partial charge on any atom is -0.507 e. The third kappa shape index (κ3) is 1.53. The van der Waals surface area contributed by atoms with Crippen molar-refractivity contribution in [3.63, 3.8) is 0 Å². The number of hydrogen-bond donors (Lipinski definition) is 1. The van der Waals surface area contributed by atoms with Crippen LogP contribution in [-0.4, -0.2) is 5.11 Å². The molecule has 0 saturated heterocycles. The molecule has 0 atom stereocenters. The van der Waals surface area contributed by atoms with Crippen LogP contribution in [0.15, 0.2) is 0 Å². The molecule has 0 saturated carbocycles. The number of phenols is 1. The van der Waals surface area contributed by atoms with E-state index in [1.807, 2.05) is 27.7 Å². The number of phenolic OH excluding ortho intramolecular Hbond substituents is 1. The van der Waals surface area contributed by atoms with E-state index in [4.69, 9.17) is 11.6 Å². The lowest BCUT2D eigenvalue weighted by molar-refractivity contribution is 0.463. The summed E-state index contributed by atoms with van der Waals surface area (Å²) in [6.45, 7) is 7.81. The normalized spacial score (nSPS) is 10.5. The highest BCUT2D eigenvalue weighted by Gasteiger charge is 2.13. The Kier molecular flexibility index (Phi) is 2.87.